The predicted molar refractivity (Wildman–Crippen MR) is 106 cm³/mol. The molecule has 2 aromatic carbocycles. The Morgan fingerprint density at radius 2 is 1.76 bits per heavy atom. The van der Waals surface area contributed by atoms with Gasteiger partial charge in [-0.05, 0) is 42.5 Å². The molecule has 29 heavy (non-hydrogen) atoms. The summed E-state index contributed by atoms with van der Waals surface area (Å²) in [4.78, 5) is 28.4. The normalized spacial score (nSPS) is 14.1. The number of benzene rings is 2. The standard InChI is InChI=1S/C20H20ClF2N3O3/c21-15-2-1-3-16(12-15)25-8-10-26(11-9-25)18(27)13-24-19(28)14-4-6-17(7-5-14)29-20(22)23/h1-7,12,20H,8-11,13H2,(H,24,28). The summed E-state index contributed by atoms with van der Waals surface area (Å²) < 4.78 is 28.5. The van der Waals surface area contributed by atoms with Crippen LogP contribution in [0.1, 0.15) is 10.4 Å². The highest BCUT2D eigenvalue weighted by molar-refractivity contribution is 6.30. The number of carbonyl (C=O) groups is 2. The number of anilines is 1. The van der Waals surface area contributed by atoms with Crippen LogP contribution in [0.2, 0.25) is 5.02 Å². The van der Waals surface area contributed by atoms with Crippen LogP contribution in [0.15, 0.2) is 48.5 Å². The molecule has 0 spiro atoms. The average Bonchev–Trinajstić information content (AvgIpc) is 2.72. The molecule has 154 valence electrons. The van der Waals surface area contributed by atoms with Crippen molar-refractivity contribution in [3.8, 4) is 5.75 Å². The van der Waals surface area contributed by atoms with Crippen molar-refractivity contribution in [1.29, 1.82) is 0 Å². The van der Waals surface area contributed by atoms with Crippen molar-refractivity contribution in [3.63, 3.8) is 0 Å². The van der Waals surface area contributed by atoms with E-state index >= 15 is 0 Å². The molecule has 0 unspecified atom stereocenters. The summed E-state index contributed by atoms with van der Waals surface area (Å²) in [5.41, 5.74) is 1.27. The van der Waals surface area contributed by atoms with Gasteiger partial charge in [-0.2, -0.15) is 8.78 Å². The SMILES string of the molecule is O=C(NCC(=O)N1CCN(c2cccc(Cl)c2)CC1)c1ccc(OC(F)F)cc1. The molecule has 1 aliphatic heterocycles. The fourth-order valence-electron chi connectivity index (χ4n) is 3.04. The smallest absolute Gasteiger partial charge is 0.387 e. The van der Waals surface area contributed by atoms with Gasteiger partial charge in [-0.15, -0.1) is 0 Å². The zero-order valence-electron chi connectivity index (χ0n) is 15.5. The Kier molecular flexibility index (Phi) is 6.87. The Labute approximate surface area is 172 Å². The number of ether oxygens (including phenoxy) is 1. The first-order chi connectivity index (χ1) is 13.9. The van der Waals surface area contributed by atoms with Crippen LogP contribution >= 0.6 is 11.6 Å². The number of carbonyl (C=O) groups excluding carboxylic acids is 2. The van der Waals surface area contributed by atoms with Gasteiger partial charge in [-0.25, -0.2) is 0 Å². The minimum absolute atomic E-state index is 0.0369. The Balaban J connectivity index is 1.45. The first kappa shape index (κ1) is 20.9. The number of nitrogens with one attached hydrogen (secondary N) is 1. The van der Waals surface area contributed by atoms with E-state index in [2.05, 4.69) is 15.0 Å². The highest BCUT2D eigenvalue weighted by atomic mass is 35.5. The summed E-state index contributed by atoms with van der Waals surface area (Å²) in [5, 5.41) is 3.22. The van der Waals surface area contributed by atoms with Crippen molar-refractivity contribution in [1.82, 2.24) is 10.2 Å². The summed E-state index contributed by atoms with van der Waals surface area (Å²) in [6.45, 7) is -0.628. The second-order valence-corrected chi connectivity index (χ2v) is 6.87. The topological polar surface area (TPSA) is 61.9 Å². The lowest BCUT2D eigenvalue weighted by Gasteiger charge is -2.36. The van der Waals surface area contributed by atoms with E-state index in [1.807, 2.05) is 24.3 Å². The van der Waals surface area contributed by atoms with E-state index in [9.17, 15) is 18.4 Å². The zero-order valence-corrected chi connectivity index (χ0v) is 16.2. The highest BCUT2D eigenvalue weighted by Crippen LogP contribution is 2.20. The zero-order chi connectivity index (χ0) is 20.8. The maximum atomic E-state index is 12.4. The van der Waals surface area contributed by atoms with E-state index in [0.29, 0.717) is 31.2 Å². The summed E-state index contributed by atoms with van der Waals surface area (Å²) in [7, 11) is 0. The van der Waals surface area contributed by atoms with Gasteiger partial charge in [-0.3, -0.25) is 9.59 Å². The minimum atomic E-state index is -2.92. The number of piperazine rings is 1. The molecule has 0 aromatic heterocycles. The third-order valence-electron chi connectivity index (χ3n) is 4.55. The van der Waals surface area contributed by atoms with Gasteiger partial charge in [0.25, 0.3) is 5.91 Å². The molecule has 2 aromatic rings. The van der Waals surface area contributed by atoms with Gasteiger partial charge >= 0.3 is 6.61 Å². The molecule has 1 heterocycles. The monoisotopic (exact) mass is 423 g/mol. The molecule has 0 saturated carbocycles. The van der Waals surface area contributed by atoms with Gasteiger partial charge < -0.3 is 19.9 Å². The quantitative estimate of drug-likeness (QED) is 0.776. The number of rotatable bonds is 6. The van der Waals surface area contributed by atoms with Crippen LogP contribution in [0, 0.1) is 0 Å². The lowest BCUT2D eigenvalue weighted by molar-refractivity contribution is -0.130. The molecule has 6 nitrogen and oxygen atoms in total. The third-order valence-corrected chi connectivity index (χ3v) is 4.78. The number of hydrogen-bond donors (Lipinski definition) is 1. The Morgan fingerprint density at radius 3 is 2.38 bits per heavy atom. The van der Waals surface area contributed by atoms with E-state index in [1.165, 1.54) is 24.3 Å². The van der Waals surface area contributed by atoms with Crippen LogP contribution in [0.4, 0.5) is 14.5 Å². The molecule has 9 heteroatoms. The van der Waals surface area contributed by atoms with Crippen molar-refractivity contribution in [2.24, 2.45) is 0 Å². The van der Waals surface area contributed by atoms with E-state index in [0.717, 1.165) is 5.69 Å². The summed E-state index contributed by atoms with van der Waals surface area (Å²) in [5.74, 6) is -0.675. The van der Waals surface area contributed by atoms with Crippen molar-refractivity contribution in [2.75, 3.05) is 37.6 Å². The van der Waals surface area contributed by atoms with E-state index in [4.69, 9.17) is 11.6 Å². The largest absolute Gasteiger partial charge is 0.435 e. The lowest BCUT2D eigenvalue weighted by atomic mass is 10.2. The van der Waals surface area contributed by atoms with E-state index < -0.39 is 12.5 Å². The minimum Gasteiger partial charge on any atom is -0.435 e. The molecule has 1 saturated heterocycles. The molecule has 1 N–H and O–H groups in total. The Morgan fingerprint density at radius 1 is 1.07 bits per heavy atom. The molecule has 2 amide bonds. The van der Waals surface area contributed by atoms with Crippen molar-refractivity contribution < 1.29 is 23.1 Å². The van der Waals surface area contributed by atoms with Crippen molar-refractivity contribution >= 4 is 29.1 Å². The summed E-state index contributed by atoms with van der Waals surface area (Å²) in [6, 6.07) is 12.8. The first-order valence-electron chi connectivity index (χ1n) is 9.04. The Bertz CT molecular complexity index is 856. The molecule has 1 aliphatic rings. The second-order valence-electron chi connectivity index (χ2n) is 6.43. The number of amides is 2. The molecule has 1 fully saturated rings. The van der Waals surface area contributed by atoms with Crippen molar-refractivity contribution in [2.45, 2.75) is 6.61 Å². The molecule has 0 radical (unpaired) electrons. The molecular formula is C20H20ClF2N3O3. The van der Waals surface area contributed by atoms with Crippen LogP contribution < -0.4 is 15.0 Å². The van der Waals surface area contributed by atoms with Crippen LogP contribution in [0.3, 0.4) is 0 Å². The number of nitrogens with zero attached hydrogens (tertiary/aromatic N) is 2. The molecule has 0 atom stereocenters. The van der Waals surface area contributed by atoms with Gasteiger partial charge in [0, 0.05) is 42.5 Å². The second kappa shape index (κ2) is 9.56. The third kappa shape index (κ3) is 5.80. The van der Waals surface area contributed by atoms with Gasteiger partial charge in [-0.1, -0.05) is 17.7 Å². The van der Waals surface area contributed by atoms with Gasteiger partial charge in [0.1, 0.15) is 5.75 Å². The molecule has 0 aliphatic carbocycles. The molecular weight excluding hydrogens is 404 g/mol. The summed E-state index contributed by atoms with van der Waals surface area (Å²) >= 11 is 6.02. The predicted octanol–water partition coefficient (Wildman–Crippen LogP) is 3.02. The highest BCUT2D eigenvalue weighted by Gasteiger charge is 2.22. The molecule has 0 bridgehead atoms. The van der Waals surface area contributed by atoms with Crippen LogP contribution in [0.25, 0.3) is 0 Å². The van der Waals surface area contributed by atoms with E-state index in [-0.39, 0.29) is 23.8 Å². The van der Waals surface area contributed by atoms with Crippen LogP contribution in [-0.4, -0.2) is 56.0 Å². The fourth-order valence-corrected chi connectivity index (χ4v) is 3.23. The maximum absolute atomic E-state index is 12.4. The average molecular weight is 424 g/mol. The number of alkyl halides is 2. The number of halogens is 3. The lowest BCUT2D eigenvalue weighted by Crippen LogP contribution is -2.51. The Hall–Kier alpha value is -2.87. The molecule has 3 rings (SSSR count). The van der Waals surface area contributed by atoms with Crippen molar-refractivity contribution in [3.05, 3.63) is 59.1 Å². The fraction of sp³-hybridized carbons (Fsp3) is 0.300. The van der Waals surface area contributed by atoms with Gasteiger partial charge in [0.2, 0.25) is 5.91 Å². The maximum Gasteiger partial charge on any atom is 0.387 e. The van der Waals surface area contributed by atoms with Gasteiger partial charge in [0.05, 0.1) is 6.54 Å². The first-order valence-corrected chi connectivity index (χ1v) is 9.41. The van der Waals surface area contributed by atoms with Gasteiger partial charge in [0.15, 0.2) is 0 Å². The van der Waals surface area contributed by atoms with Crippen LogP contribution in [-0.2, 0) is 4.79 Å². The van der Waals surface area contributed by atoms with E-state index in [1.54, 1.807) is 4.90 Å². The summed E-state index contributed by atoms with van der Waals surface area (Å²) in [6.07, 6.45) is 0. The number of hydrogen-bond acceptors (Lipinski definition) is 4. The van der Waals surface area contributed by atoms with Crippen LogP contribution in [0.5, 0.6) is 5.75 Å².